The quantitative estimate of drug-likeness (QED) is 0.707. The molecule has 0 saturated carbocycles. The van der Waals surface area contributed by atoms with Crippen LogP contribution in [0.4, 0.5) is 0 Å². The van der Waals surface area contributed by atoms with Crippen LogP contribution in [0.15, 0.2) is 30.6 Å². The number of nitrogens with zero attached hydrogens (tertiary/aromatic N) is 3. The molecule has 7 nitrogen and oxygen atoms in total. The van der Waals surface area contributed by atoms with Gasteiger partial charge in [0, 0.05) is 32.4 Å². The first-order valence-electron chi connectivity index (χ1n) is 8.73. The molecule has 0 spiro atoms. The van der Waals surface area contributed by atoms with Crippen molar-refractivity contribution in [3.8, 4) is 0 Å². The van der Waals surface area contributed by atoms with E-state index in [2.05, 4.69) is 26.9 Å². The Morgan fingerprint density at radius 2 is 2.32 bits per heavy atom. The smallest absolute Gasteiger partial charge is 0.251 e. The summed E-state index contributed by atoms with van der Waals surface area (Å²) in [6.45, 7) is 3.76. The third-order valence-corrected chi connectivity index (χ3v) is 4.56. The molecule has 134 valence electrons. The highest BCUT2D eigenvalue weighted by molar-refractivity contribution is 5.95. The number of aryl methyl sites for hydroxylation is 1. The van der Waals surface area contributed by atoms with Crippen molar-refractivity contribution in [1.29, 1.82) is 0 Å². The van der Waals surface area contributed by atoms with Gasteiger partial charge in [-0.05, 0) is 36.9 Å². The van der Waals surface area contributed by atoms with Crippen LogP contribution >= 0.6 is 0 Å². The van der Waals surface area contributed by atoms with Crippen molar-refractivity contribution in [3.63, 3.8) is 0 Å². The molecule has 2 heterocycles. The third-order valence-electron chi connectivity index (χ3n) is 4.56. The highest BCUT2D eigenvalue weighted by Crippen LogP contribution is 2.25. The molecule has 0 unspecified atom stereocenters. The van der Waals surface area contributed by atoms with E-state index in [0.29, 0.717) is 19.1 Å². The predicted octanol–water partition coefficient (Wildman–Crippen LogP) is 1.32. The van der Waals surface area contributed by atoms with E-state index in [9.17, 15) is 4.79 Å². The summed E-state index contributed by atoms with van der Waals surface area (Å²) in [4.78, 5) is 12.7. The number of carbonyl (C=O) groups is 1. The summed E-state index contributed by atoms with van der Waals surface area (Å²) in [5.41, 5.74) is 1.87. The standard InChI is InChI=1S/C18H25N5O2/c1-25-10-4-9-23-13-21-22-17(23)12-20-18(24)16-6-3-2-5-15(16)14-7-8-19-11-14/h2-3,5-6,13-14,19H,4,7-12H2,1H3,(H,20,24)/t14-/m0/s1. The Hall–Kier alpha value is -2.25. The maximum absolute atomic E-state index is 12.7. The molecule has 0 bridgehead atoms. The van der Waals surface area contributed by atoms with Gasteiger partial charge in [-0.25, -0.2) is 0 Å². The lowest BCUT2D eigenvalue weighted by Gasteiger charge is -2.14. The van der Waals surface area contributed by atoms with Crippen molar-refractivity contribution in [3.05, 3.63) is 47.5 Å². The lowest BCUT2D eigenvalue weighted by molar-refractivity contribution is 0.0948. The molecule has 0 radical (unpaired) electrons. The van der Waals surface area contributed by atoms with Crippen LogP contribution in [0.25, 0.3) is 0 Å². The first-order chi connectivity index (χ1) is 12.3. The van der Waals surface area contributed by atoms with Crippen molar-refractivity contribution in [2.75, 3.05) is 26.8 Å². The van der Waals surface area contributed by atoms with Gasteiger partial charge < -0.3 is 19.9 Å². The van der Waals surface area contributed by atoms with Crippen LogP contribution in [0.2, 0.25) is 0 Å². The van der Waals surface area contributed by atoms with Gasteiger partial charge in [-0.1, -0.05) is 18.2 Å². The highest BCUT2D eigenvalue weighted by Gasteiger charge is 2.22. The Morgan fingerprint density at radius 3 is 3.12 bits per heavy atom. The molecule has 1 aromatic heterocycles. The monoisotopic (exact) mass is 343 g/mol. The summed E-state index contributed by atoms with van der Waals surface area (Å²) in [6, 6.07) is 7.86. The Bertz CT molecular complexity index is 694. The van der Waals surface area contributed by atoms with Crippen LogP contribution in [0, 0.1) is 0 Å². The number of ether oxygens (including phenoxy) is 1. The second-order valence-electron chi connectivity index (χ2n) is 6.25. The fraction of sp³-hybridized carbons (Fsp3) is 0.500. The number of hydrogen-bond donors (Lipinski definition) is 2. The van der Waals surface area contributed by atoms with Crippen LogP contribution < -0.4 is 10.6 Å². The van der Waals surface area contributed by atoms with Gasteiger partial charge in [-0.15, -0.1) is 10.2 Å². The molecule has 0 aliphatic carbocycles. The van der Waals surface area contributed by atoms with E-state index in [1.807, 2.05) is 22.8 Å². The summed E-state index contributed by atoms with van der Waals surface area (Å²) in [5, 5.41) is 14.4. The summed E-state index contributed by atoms with van der Waals surface area (Å²) in [5.74, 6) is 1.10. The highest BCUT2D eigenvalue weighted by atomic mass is 16.5. The van der Waals surface area contributed by atoms with Gasteiger partial charge in [0.2, 0.25) is 0 Å². The molecule has 2 aromatic rings. The average molecular weight is 343 g/mol. The van der Waals surface area contributed by atoms with E-state index >= 15 is 0 Å². The van der Waals surface area contributed by atoms with E-state index in [1.165, 1.54) is 0 Å². The first-order valence-corrected chi connectivity index (χ1v) is 8.73. The molecule has 1 amide bonds. The van der Waals surface area contributed by atoms with Crippen molar-refractivity contribution in [1.82, 2.24) is 25.4 Å². The second-order valence-corrected chi connectivity index (χ2v) is 6.25. The maximum Gasteiger partial charge on any atom is 0.251 e. The van der Waals surface area contributed by atoms with Crippen molar-refractivity contribution < 1.29 is 9.53 Å². The molecule has 1 atom stereocenters. The minimum Gasteiger partial charge on any atom is -0.385 e. The minimum atomic E-state index is -0.0612. The van der Waals surface area contributed by atoms with Gasteiger partial charge in [0.1, 0.15) is 6.33 Å². The zero-order chi connectivity index (χ0) is 17.5. The van der Waals surface area contributed by atoms with E-state index in [-0.39, 0.29) is 5.91 Å². The number of methoxy groups -OCH3 is 1. The number of carbonyl (C=O) groups excluding carboxylic acids is 1. The van der Waals surface area contributed by atoms with E-state index < -0.39 is 0 Å². The maximum atomic E-state index is 12.7. The summed E-state index contributed by atoms with van der Waals surface area (Å²) >= 11 is 0. The zero-order valence-electron chi connectivity index (χ0n) is 14.6. The Kier molecular flexibility index (Phi) is 6.14. The molecule has 3 rings (SSSR count). The van der Waals surface area contributed by atoms with Gasteiger partial charge in [0.05, 0.1) is 6.54 Å². The van der Waals surface area contributed by atoms with Gasteiger partial charge in [-0.2, -0.15) is 0 Å². The van der Waals surface area contributed by atoms with E-state index in [0.717, 1.165) is 49.4 Å². The SMILES string of the molecule is COCCCn1cnnc1CNC(=O)c1ccccc1[C@H]1CCNC1. The predicted molar refractivity (Wildman–Crippen MR) is 94.4 cm³/mol. The molecule has 2 N–H and O–H groups in total. The largest absolute Gasteiger partial charge is 0.385 e. The van der Waals surface area contributed by atoms with Crippen LogP contribution in [-0.2, 0) is 17.8 Å². The number of aromatic nitrogens is 3. The Morgan fingerprint density at radius 1 is 1.44 bits per heavy atom. The van der Waals surface area contributed by atoms with Gasteiger partial charge >= 0.3 is 0 Å². The summed E-state index contributed by atoms with van der Waals surface area (Å²) in [7, 11) is 1.69. The molecule has 25 heavy (non-hydrogen) atoms. The fourth-order valence-corrected chi connectivity index (χ4v) is 3.22. The molecule has 1 aliphatic heterocycles. The minimum absolute atomic E-state index is 0.0612. The van der Waals surface area contributed by atoms with Gasteiger partial charge in [0.25, 0.3) is 5.91 Å². The first kappa shape index (κ1) is 17.6. The van der Waals surface area contributed by atoms with Crippen LogP contribution in [0.5, 0.6) is 0 Å². The molecule has 1 aliphatic rings. The number of rotatable bonds is 8. The van der Waals surface area contributed by atoms with Crippen molar-refractivity contribution in [2.24, 2.45) is 0 Å². The fourth-order valence-electron chi connectivity index (χ4n) is 3.22. The van der Waals surface area contributed by atoms with Gasteiger partial charge in [-0.3, -0.25) is 4.79 Å². The van der Waals surface area contributed by atoms with Crippen molar-refractivity contribution >= 4 is 5.91 Å². The van der Waals surface area contributed by atoms with Crippen molar-refractivity contribution in [2.45, 2.75) is 31.8 Å². The lowest BCUT2D eigenvalue weighted by Crippen LogP contribution is -2.26. The normalized spacial score (nSPS) is 16.9. The zero-order valence-corrected chi connectivity index (χ0v) is 14.6. The molecule has 7 heteroatoms. The molecule has 1 fully saturated rings. The summed E-state index contributed by atoms with van der Waals surface area (Å²) in [6.07, 6.45) is 3.64. The molecular formula is C18H25N5O2. The Balaban J connectivity index is 1.63. The van der Waals surface area contributed by atoms with Crippen LogP contribution in [0.1, 0.15) is 40.5 Å². The number of hydrogen-bond acceptors (Lipinski definition) is 5. The molecular weight excluding hydrogens is 318 g/mol. The summed E-state index contributed by atoms with van der Waals surface area (Å²) < 4.78 is 7.02. The lowest BCUT2D eigenvalue weighted by atomic mass is 9.93. The number of nitrogens with one attached hydrogen (secondary N) is 2. The molecule has 1 aromatic carbocycles. The van der Waals surface area contributed by atoms with E-state index in [1.54, 1.807) is 13.4 Å². The number of benzene rings is 1. The average Bonchev–Trinajstić information content (AvgIpc) is 3.32. The Labute approximate surface area is 147 Å². The number of amides is 1. The van der Waals surface area contributed by atoms with E-state index in [4.69, 9.17) is 4.74 Å². The van der Waals surface area contributed by atoms with Crippen LogP contribution in [-0.4, -0.2) is 47.5 Å². The van der Waals surface area contributed by atoms with Gasteiger partial charge in [0.15, 0.2) is 5.82 Å². The molecule has 1 saturated heterocycles. The second kappa shape index (κ2) is 8.73. The van der Waals surface area contributed by atoms with Crippen LogP contribution in [0.3, 0.4) is 0 Å². The topological polar surface area (TPSA) is 81.1 Å². The third kappa shape index (κ3) is 4.43.